The van der Waals surface area contributed by atoms with Crippen molar-refractivity contribution in [3.05, 3.63) is 12.2 Å². The van der Waals surface area contributed by atoms with Gasteiger partial charge >= 0.3 is 5.97 Å². The Balaban J connectivity index is 4.04. The largest absolute Gasteiger partial charge is 0.756 e. The van der Waals surface area contributed by atoms with E-state index in [0.717, 1.165) is 32.1 Å². The van der Waals surface area contributed by atoms with Crippen molar-refractivity contribution in [3.8, 4) is 0 Å². The van der Waals surface area contributed by atoms with E-state index in [-0.39, 0.29) is 25.8 Å². The van der Waals surface area contributed by atoms with Crippen molar-refractivity contribution in [2.24, 2.45) is 0 Å². The lowest BCUT2D eigenvalue weighted by atomic mass is 10.0. The predicted molar refractivity (Wildman–Crippen MR) is 278 cm³/mol. The van der Waals surface area contributed by atoms with Crippen molar-refractivity contribution in [2.45, 2.75) is 290 Å². The first-order valence-electron chi connectivity index (χ1n) is 28.4. The number of carbonyl (C=O) groups is 1. The van der Waals surface area contributed by atoms with Gasteiger partial charge in [-0.25, -0.2) is 0 Å². The quantitative estimate of drug-likeness (QED) is 0.0197. The van der Waals surface area contributed by atoms with E-state index >= 15 is 0 Å². The molecule has 0 saturated carbocycles. The number of allylic oxidation sites excluding steroid dienone is 2. The van der Waals surface area contributed by atoms with Crippen molar-refractivity contribution >= 4 is 13.8 Å². The topological polar surface area (TPSA) is 94.1 Å². The third kappa shape index (κ3) is 54.1. The SMILES string of the molecule is CCCCCCCCCC/C=C\CCCCCCCCCCCCCC(=O)OC(COCCCCCCCCCCCCCCCCCCCCCC)COP(=O)([O-])OCC[N+](C)(C)C. The van der Waals surface area contributed by atoms with Gasteiger partial charge in [-0.15, -0.1) is 0 Å². The van der Waals surface area contributed by atoms with E-state index in [4.69, 9.17) is 18.5 Å². The van der Waals surface area contributed by atoms with Crippen LogP contribution in [0.3, 0.4) is 0 Å². The molecule has 0 fully saturated rings. The zero-order chi connectivity index (χ0) is 47.6. The Bertz CT molecular complexity index is 1050. The molecule has 0 aromatic rings. The second-order valence-electron chi connectivity index (χ2n) is 20.7. The summed E-state index contributed by atoms with van der Waals surface area (Å²) in [6.45, 7) is 5.49. The van der Waals surface area contributed by atoms with Crippen LogP contribution in [-0.4, -0.2) is 70.7 Å². The Morgan fingerprint density at radius 1 is 0.462 bits per heavy atom. The molecule has 0 radical (unpaired) electrons. The molecule has 0 aliphatic rings. The molecule has 0 spiro atoms. The Hall–Kier alpha value is -0.760. The number of quaternary nitrogens is 1. The number of ether oxygens (including phenoxy) is 2. The van der Waals surface area contributed by atoms with E-state index in [9.17, 15) is 14.3 Å². The number of rotatable bonds is 54. The number of phosphoric acid groups is 1. The van der Waals surface area contributed by atoms with Crippen LogP contribution < -0.4 is 4.89 Å². The normalized spacial score (nSPS) is 13.5. The number of esters is 1. The lowest BCUT2D eigenvalue weighted by Gasteiger charge is -2.28. The molecule has 2 unspecified atom stereocenters. The van der Waals surface area contributed by atoms with Crippen LogP contribution in [-0.2, 0) is 27.9 Å². The minimum absolute atomic E-state index is 0.0300. The fourth-order valence-corrected chi connectivity index (χ4v) is 9.16. The first kappa shape index (κ1) is 64.2. The highest BCUT2D eigenvalue weighted by Gasteiger charge is 2.20. The van der Waals surface area contributed by atoms with E-state index in [2.05, 4.69) is 26.0 Å². The maximum absolute atomic E-state index is 12.8. The number of hydrogen-bond acceptors (Lipinski definition) is 7. The highest BCUT2D eigenvalue weighted by atomic mass is 31.2. The highest BCUT2D eigenvalue weighted by Crippen LogP contribution is 2.38. The molecule has 65 heavy (non-hydrogen) atoms. The Labute approximate surface area is 405 Å². The van der Waals surface area contributed by atoms with Gasteiger partial charge in [-0.3, -0.25) is 9.36 Å². The molecule has 0 aliphatic heterocycles. The van der Waals surface area contributed by atoms with E-state index in [1.807, 2.05) is 21.1 Å². The van der Waals surface area contributed by atoms with Crippen molar-refractivity contribution < 1.29 is 37.3 Å². The van der Waals surface area contributed by atoms with Crippen LogP contribution in [0.15, 0.2) is 12.2 Å². The van der Waals surface area contributed by atoms with Gasteiger partial charge in [-0.2, -0.15) is 0 Å². The van der Waals surface area contributed by atoms with Gasteiger partial charge in [0.2, 0.25) is 0 Å². The molecule has 0 aromatic heterocycles. The maximum Gasteiger partial charge on any atom is 0.306 e. The molecule has 0 N–H and O–H groups in total. The molecule has 388 valence electrons. The summed E-state index contributed by atoms with van der Waals surface area (Å²) in [5.74, 6) is -0.327. The van der Waals surface area contributed by atoms with E-state index in [0.29, 0.717) is 24.1 Å². The summed E-state index contributed by atoms with van der Waals surface area (Å²) in [6.07, 6.45) is 58.2. The third-order valence-electron chi connectivity index (χ3n) is 12.8. The zero-order valence-electron chi connectivity index (χ0n) is 44.2. The zero-order valence-corrected chi connectivity index (χ0v) is 45.1. The predicted octanol–water partition coefficient (Wildman–Crippen LogP) is 17.1. The van der Waals surface area contributed by atoms with Crippen molar-refractivity contribution in [2.75, 3.05) is 54.1 Å². The lowest BCUT2D eigenvalue weighted by molar-refractivity contribution is -0.870. The van der Waals surface area contributed by atoms with Crippen LogP contribution >= 0.6 is 7.82 Å². The number of unbranched alkanes of at least 4 members (excludes halogenated alkanes) is 38. The van der Waals surface area contributed by atoms with E-state index < -0.39 is 13.9 Å². The number of likely N-dealkylation sites (N-methyl/N-ethyl adjacent to an activating group) is 1. The van der Waals surface area contributed by atoms with E-state index in [1.165, 1.54) is 231 Å². The molecule has 8 nitrogen and oxygen atoms in total. The van der Waals surface area contributed by atoms with Gasteiger partial charge in [0.05, 0.1) is 34.4 Å². The van der Waals surface area contributed by atoms with Gasteiger partial charge in [0.1, 0.15) is 19.3 Å². The molecule has 0 bridgehead atoms. The number of carbonyl (C=O) groups excluding carboxylic acids is 1. The van der Waals surface area contributed by atoms with Crippen LogP contribution in [0, 0.1) is 0 Å². The molecule has 0 saturated heterocycles. The summed E-state index contributed by atoms with van der Waals surface area (Å²) in [5.41, 5.74) is 0. The van der Waals surface area contributed by atoms with Gasteiger partial charge in [0, 0.05) is 13.0 Å². The molecule has 9 heteroatoms. The number of nitrogens with zero attached hydrogens (tertiary/aromatic N) is 1. The smallest absolute Gasteiger partial charge is 0.306 e. The summed E-state index contributed by atoms with van der Waals surface area (Å²) in [7, 11) is 1.38. The second kappa shape index (κ2) is 49.7. The van der Waals surface area contributed by atoms with Crippen LogP contribution in [0.5, 0.6) is 0 Å². The molecule has 2 atom stereocenters. The Morgan fingerprint density at radius 3 is 1.17 bits per heavy atom. The molecule has 0 heterocycles. The molecule has 0 amide bonds. The third-order valence-corrected chi connectivity index (χ3v) is 13.8. The standard InChI is InChI=1S/C56H112NO7P/c1-6-8-10-12-14-16-18-20-22-24-26-28-29-30-31-33-35-37-39-41-43-45-47-49-56(58)64-55(54-63-65(59,60)62-52-50-57(3,4)5)53-61-51-48-46-44-42-40-38-36-34-32-27-25-23-21-19-17-15-13-11-9-7-2/h24,26,55H,6-23,25,27-54H2,1-5H3/b26-24-. The first-order valence-corrected chi connectivity index (χ1v) is 29.9. The first-order chi connectivity index (χ1) is 31.6. The second-order valence-corrected chi connectivity index (χ2v) is 22.1. The summed E-state index contributed by atoms with van der Waals surface area (Å²) < 4.78 is 34.9. The Kier molecular flexibility index (Phi) is 49.1. The fraction of sp³-hybridized carbons (Fsp3) is 0.946. The van der Waals surface area contributed by atoms with Gasteiger partial charge in [-0.1, -0.05) is 251 Å². The van der Waals surface area contributed by atoms with E-state index in [1.54, 1.807) is 0 Å². The van der Waals surface area contributed by atoms with Crippen molar-refractivity contribution in [3.63, 3.8) is 0 Å². The monoisotopic (exact) mass is 942 g/mol. The molecule has 0 aromatic carbocycles. The van der Waals surface area contributed by atoms with Crippen molar-refractivity contribution in [1.82, 2.24) is 0 Å². The van der Waals surface area contributed by atoms with Gasteiger partial charge in [0.25, 0.3) is 7.82 Å². The lowest BCUT2D eigenvalue weighted by Crippen LogP contribution is -2.37. The Morgan fingerprint density at radius 2 is 0.800 bits per heavy atom. The summed E-state index contributed by atoms with van der Waals surface area (Å²) in [6, 6.07) is 0. The average molecular weight is 942 g/mol. The van der Waals surface area contributed by atoms with Crippen LogP contribution in [0.1, 0.15) is 284 Å². The number of hydrogen-bond donors (Lipinski definition) is 0. The van der Waals surface area contributed by atoms with Gasteiger partial charge < -0.3 is 27.9 Å². The van der Waals surface area contributed by atoms with Crippen LogP contribution in [0.25, 0.3) is 0 Å². The highest BCUT2D eigenvalue weighted by molar-refractivity contribution is 7.45. The van der Waals surface area contributed by atoms with Crippen LogP contribution in [0.2, 0.25) is 0 Å². The summed E-state index contributed by atoms with van der Waals surface area (Å²) in [4.78, 5) is 25.2. The minimum atomic E-state index is -4.53. The van der Waals surface area contributed by atoms with Gasteiger partial charge in [-0.05, 0) is 38.5 Å². The number of phosphoric ester groups is 1. The van der Waals surface area contributed by atoms with Crippen molar-refractivity contribution in [1.29, 1.82) is 0 Å². The van der Waals surface area contributed by atoms with Crippen LogP contribution in [0.4, 0.5) is 0 Å². The average Bonchev–Trinajstić information content (AvgIpc) is 3.27. The molecular formula is C56H112NO7P. The molecular weight excluding hydrogens is 830 g/mol. The summed E-state index contributed by atoms with van der Waals surface area (Å²) >= 11 is 0. The minimum Gasteiger partial charge on any atom is -0.756 e. The molecule has 0 rings (SSSR count). The molecule has 0 aliphatic carbocycles. The van der Waals surface area contributed by atoms with Gasteiger partial charge in [0.15, 0.2) is 0 Å². The summed E-state index contributed by atoms with van der Waals surface area (Å²) in [5, 5.41) is 0. The fourth-order valence-electron chi connectivity index (χ4n) is 8.43. The maximum atomic E-state index is 12.8.